The molecular weight excluding hydrogens is 434 g/mol. The smallest absolute Gasteiger partial charge is 0.331 e. The van der Waals surface area contributed by atoms with Gasteiger partial charge in [-0.05, 0) is 52.0 Å². The maximum Gasteiger partial charge on any atom is 0.331 e. The summed E-state index contributed by atoms with van der Waals surface area (Å²) in [4.78, 5) is 18.8. The van der Waals surface area contributed by atoms with Gasteiger partial charge in [-0.1, -0.05) is 91.0 Å². The summed E-state index contributed by atoms with van der Waals surface area (Å²) in [6.07, 6.45) is 1.45. The first-order valence-corrected chi connectivity index (χ1v) is 12.3. The van der Waals surface area contributed by atoms with Gasteiger partial charge < -0.3 is 9.47 Å². The first kappa shape index (κ1) is 24.9. The summed E-state index contributed by atoms with van der Waals surface area (Å²) in [5.41, 5.74) is 2.99. The van der Waals surface area contributed by atoms with Crippen molar-refractivity contribution in [3.63, 3.8) is 0 Å². The van der Waals surface area contributed by atoms with Crippen molar-refractivity contribution in [1.82, 2.24) is 0 Å². The van der Waals surface area contributed by atoms with Gasteiger partial charge >= 0.3 is 5.97 Å². The lowest BCUT2D eigenvalue weighted by Gasteiger charge is -2.46. The lowest BCUT2D eigenvalue weighted by atomic mass is 9.77. The number of carbonyl (C=O) groups is 1. The summed E-state index contributed by atoms with van der Waals surface area (Å²) in [5, 5.41) is 0. The Morgan fingerprint density at radius 1 is 0.829 bits per heavy atom. The Morgan fingerprint density at radius 3 is 1.77 bits per heavy atom. The van der Waals surface area contributed by atoms with E-state index in [2.05, 4.69) is 27.7 Å². The zero-order valence-corrected chi connectivity index (χ0v) is 21.1. The molecule has 1 fully saturated rings. The number of hydrogen-bond acceptors (Lipinski definition) is 4. The number of aliphatic imine (C=N–C) groups is 1. The van der Waals surface area contributed by atoms with Crippen molar-refractivity contribution in [2.45, 2.75) is 64.4 Å². The largest absolute Gasteiger partial charge is 0.459 e. The SMILES string of the molecule is CC1(C)CC([C@@H](N=C(c2ccccc2)c2ccccc2)C(=O)OCc2ccccc2)CC(C)(C)O1. The average Bonchev–Trinajstić information content (AvgIpc) is 2.83. The van der Waals surface area contributed by atoms with Crippen molar-refractivity contribution in [1.29, 1.82) is 0 Å². The van der Waals surface area contributed by atoms with Gasteiger partial charge in [-0.3, -0.25) is 4.99 Å². The lowest BCUT2D eigenvalue weighted by molar-refractivity contribution is -0.180. The van der Waals surface area contributed by atoms with E-state index in [0.29, 0.717) is 0 Å². The van der Waals surface area contributed by atoms with Crippen molar-refractivity contribution < 1.29 is 14.3 Å². The predicted molar refractivity (Wildman–Crippen MR) is 141 cm³/mol. The molecule has 35 heavy (non-hydrogen) atoms. The molecule has 0 unspecified atom stereocenters. The van der Waals surface area contributed by atoms with E-state index in [4.69, 9.17) is 14.5 Å². The molecule has 1 aliphatic rings. The van der Waals surface area contributed by atoms with E-state index >= 15 is 0 Å². The number of hydrogen-bond donors (Lipinski definition) is 0. The van der Waals surface area contributed by atoms with E-state index in [0.717, 1.165) is 35.2 Å². The average molecular weight is 470 g/mol. The summed E-state index contributed by atoms with van der Waals surface area (Å²) in [5.74, 6) is -0.309. The molecule has 1 heterocycles. The fourth-order valence-corrected chi connectivity index (χ4v) is 5.20. The molecule has 182 valence electrons. The third-order valence-corrected chi connectivity index (χ3v) is 6.33. The Morgan fingerprint density at radius 2 is 1.29 bits per heavy atom. The summed E-state index contributed by atoms with van der Waals surface area (Å²) < 4.78 is 12.2. The van der Waals surface area contributed by atoms with Gasteiger partial charge in [-0.2, -0.15) is 0 Å². The number of nitrogens with zero attached hydrogens (tertiary/aromatic N) is 1. The van der Waals surface area contributed by atoms with Gasteiger partial charge in [0.05, 0.1) is 16.9 Å². The third-order valence-electron chi connectivity index (χ3n) is 6.33. The van der Waals surface area contributed by atoms with Crippen LogP contribution >= 0.6 is 0 Å². The highest BCUT2D eigenvalue weighted by Crippen LogP contribution is 2.41. The zero-order valence-electron chi connectivity index (χ0n) is 21.1. The lowest BCUT2D eigenvalue weighted by Crippen LogP contribution is -2.49. The second-order valence-electron chi connectivity index (χ2n) is 10.5. The molecule has 4 nitrogen and oxygen atoms in total. The van der Waals surface area contributed by atoms with Crippen LogP contribution in [0.15, 0.2) is 96.0 Å². The van der Waals surface area contributed by atoms with E-state index < -0.39 is 6.04 Å². The summed E-state index contributed by atoms with van der Waals surface area (Å²) in [7, 11) is 0. The molecule has 0 spiro atoms. The van der Waals surface area contributed by atoms with E-state index in [1.54, 1.807) is 0 Å². The van der Waals surface area contributed by atoms with Crippen LogP contribution < -0.4 is 0 Å². The van der Waals surface area contributed by atoms with Crippen LogP contribution in [0.25, 0.3) is 0 Å². The number of esters is 1. The monoisotopic (exact) mass is 469 g/mol. The van der Waals surface area contributed by atoms with Gasteiger partial charge in [-0.25, -0.2) is 4.79 Å². The Kier molecular flexibility index (Phi) is 7.51. The number of carbonyl (C=O) groups excluding carboxylic acids is 1. The topological polar surface area (TPSA) is 47.9 Å². The van der Waals surface area contributed by atoms with Crippen LogP contribution in [-0.2, 0) is 20.9 Å². The number of rotatable bonds is 7. The van der Waals surface area contributed by atoms with Crippen LogP contribution in [0.3, 0.4) is 0 Å². The molecule has 0 aliphatic carbocycles. The van der Waals surface area contributed by atoms with Crippen LogP contribution in [0, 0.1) is 5.92 Å². The summed E-state index contributed by atoms with van der Waals surface area (Å²) >= 11 is 0. The van der Waals surface area contributed by atoms with E-state index in [-0.39, 0.29) is 29.7 Å². The van der Waals surface area contributed by atoms with E-state index in [9.17, 15) is 4.79 Å². The fraction of sp³-hybridized carbons (Fsp3) is 0.355. The maximum atomic E-state index is 13.7. The van der Waals surface area contributed by atoms with Crippen LogP contribution in [0.1, 0.15) is 57.2 Å². The van der Waals surface area contributed by atoms with Gasteiger partial charge in [0, 0.05) is 11.1 Å². The van der Waals surface area contributed by atoms with Crippen LogP contribution in [0.4, 0.5) is 0 Å². The Hall–Kier alpha value is -3.24. The molecule has 0 amide bonds. The number of benzene rings is 3. The third kappa shape index (κ3) is 6.67. The second-order valence-corrected chi connectivity index (χ2v) is 10.5. The molecule has 3 aromatic carbocycles. The molecule has 0 radical (unpaired) electrons. The summed E-state index contributed by atoms with van der Waals surface area (Å²) in [6, 6.07) is 29.3. The predicted octanol–water partition coefficient (Wildman–Crippen LogP) is 6.62. The minimum atomic E-state index is -0.642. The van der Waals surface area contributed by atoms with Crippen molar-refractivity contribution in [2.75, 3.05) is 0 Å². The quantitative estimate of drug-likeness (QED) is 0.289. The Bertz CT molecular complexity index is 1080. The molecule has 1 atom stereocenters. The zero-order chi connectivity index (χ0) is 24.9. The molecule has 3 aromatic rings. The Labute approximate surface area is 209 Å². The molecule has 0 N–H and O–H groups in total. The molecule has 4 heteroatoms. The first-order valence-electron chi connectivity index (χ1n) is 12.3. The van der Waals surface area contributed by atoms with Gasteiger partial charge in [0.25, 0.3) is 0 Å². The maximum absolute atomic E-state index is 13.7. The van der Waals surface area contributed by atoms with Gasteiger partial charge in [0.1, 0.15) is 6.61 Å². The highest BCUT2D eigenvalue weighted by atomic mass is 16.5. The fourth-order valence-electron chi connectivity index (χ4n) is 5.20. The molecule has 1 aliphatic heterocycles. The second kappa shape index (κ2) is 10.6. The highest BCUT2D eigenvalue weighted by molar-refractivity contribution is 6.13. The normalized spacial score (nSPS) is 17.8. The molecular formula is C31H35NO3. The molecule has 0 bridgehead atoms. The standard InChI is InChI=1S/C31H35NO3/c1-30(2)20-26(21-31(3,4)35-30)28(29(33)34-22-23-14-8-5-9-15-23)32-27(24-16-10-6-11-17-24)25-18-12-7-13-19-25/h5-19,26,28H,20-22H2,1-4H3/t28-/m1/s1. The van der Waals surface area contributed by atoms with Crippen molar-refractivity contribution in [3.05, 3.63) is 108 Å². The van der Waals surface area contributed by atoms with Crippen molar-refractivity contribution in [3.8, 4) is 0 Å². The molecule has 0 aromatic heterocycles. The summed E-state index contributed by atoms with van der Waals surface area (Å²) in [6.45, 7) is 8.59. The van der Waals surface area contributed by atoms with Crippen LogP contribution in [0.2, 0.25) is 0 Å². The minimum absolute atomic E-state index is 0.0144. The van der Waals surface area contributed by atoms with E-state index in [1.807, 2.05) is 91.0 Å². The molecule has 1 saturated heterocycles. The molecule has 0 saturated carbocycles. The van der Waals surface area contributed by atoms with Gasteiger partial charge in [0.15, 0.2) is 6.04 Å². The van der Waals surface area contributed by atoms with Crippen LogP contribution in [-0.4, -0.2) is 28.9 Å². The number of ether oxygens (including phenoxy) is 2. The minimum Gasteiger partial charge on any atom is -0.459 e. The van der Waals surface area contributed by atoms with Gasteiger partial charge in [-0.15, -0.1) is 0 Å². The molecule has 4 rings (SSSR count). The van der Waals surface area contributed by atoms with Crippen LogP contribution in [0.5, 0.6) is 0 Å². The van der Waals surface area contributed by atoms with Gasteiger partial charge in [0.2, 0.25) is 0 Å². The van der Waals surface area contributed by atoms with Crippen molar-refractivity contribution >= 4 is 11.7 Å². The van der Waals surface area contributed by atoms with Crippen molar-refractivity contribution in [2.24, 2.45) is 10.9 Å². The van der Waals surface area contributed by atoms with E-state index in [1.165, 1.54) is 0 Å². The highest BCUT2D eigenvalue weighted by Gasteiger charge is 2.44. The Balaban J connectivity index is 1.74. The first-order chi connectivity index (χ1) is 16.7.